The van der Waals surface area contributed by atoms with Crippen LogP contribution in [0.5, 0.6) is 0 Å². The SMILES string of the molecule is O=C=Nc1ccc(Cl)cc1C(O)(c1ccccc1)C1CCCC1. The van der Waals surface area contributed by atoms with Gasteiger partial charge in [0.25, 0.3) is 0 Å². The molecule has 118 valence electrons. The Hall–Kier alpha value is -1.93. The van der Waals surface area contributed by atoms with Crippen LogP contribution in [-0.4, -0.2) is 11.2 Å². The maximum absolute atomic E-state index is 11.7. The van der Waals surface area contributed by atoms with Gasteiger partial charge < -0.3 is 5.11 Å². The highest BCUT2D eigenvalue weighted by molar-refractivity contribution is 6.30. The number of halogens is 1. The number of hydrogen-bond acceptors (Lipinski definition) is 3. The van der Waals surface area contributed by atoms with Crippen LogP contribution in [0, 0.1) is 5.92 Å². The van der Waals surface area contributed by atoms with Crippen molar-refractivity contribution in [3.05, 3.63) is 64.7 Å². The van der Waals surface area contributed by atoms with Crippen LogP contribution in [0.3, 0.4) is 0 Å². The highest BCUT2D eigenvalue weighted by Gasteiger charge is 2.43. The third-order valence-corrected chi connectivity index (χ3v) is 4.93. The van der Waals surface area contributed by atoms with E-state index >= 15 is 0 Å². The van der Waals surface area contributed by atoms with E-state index in [9.17, 15) is 9.90 Å². The first kappa shape index (κ1) is 15.9. The molecule has 0 aliphatic heterocycles. The van der Waals surface area contributed by atoms with Crippen LogP contribution in [0.25, 0.3) is 0 Å². The topological polar surface area (TPSA) is 49.7 Å². The summed E-state index contributed by atoms with van der Waals surface area (Å²) in [5, 5.41) is 12.2. The van der Waals surface area contributed by atoms with Crippen molar-refractivity contribution in [3.63, 3.8) is 0 Å². The van der Waals surface area contributed by atoms with Crippen molar-refractivity contribution < 1.29 is 9.90 Å². The van der Waals surface area contributed by atoms with E-state index in [2.05, 4.69) is 4.99 Å². The molecule has 1 N–H and O–H groups in total. The maximum Gasteiger partial charge on any atom is 0.240 e. The van der Waals surface area contributed by atoms with Gasteiger partial charge in [-0.2, -0.15) is 4.99 Å². The van der Waals surface area contributed by atoms with E-state index in [0.29, 0.717) is 16.3 Å². The van der Waals surface area contributed by atoms with Gasteiger partial charge in [0.1, 0.15) is 5.60 Å². The number of rotatable bonds is 4. The molecule has 0 saturated heterocycles. The first-order chi connectivity index (χ1) is 11.2. The zero-order valence-corrected chi connectivity index (χ0v) is 13.5. The zero-order chi connectivity index (χ0) is 16.3. The molecule has 0 bridgehead atoms. The molecule has 1 saturated carbocycles. The van der Waals surface area contributed by atoms with Crippen molar-refractivity contribution in [1.29, 1.82) is 0 Å². The van der Waals surface area contributed by atoms with Crippen molar-refractivity contribution >= 4 is 23.4 Å². The van der Waals surface area contributed by atoms with Crippen molar-refractivity contribution in [1.82, 2.24) is 0 Å². The Kier molecular flexibility index (Phi) is 4.63. The van der Waals surface area contributed by atoms with Crippen LogP contribution in [-0.2, 0) is 10.4 Å². The molecule has 0 heterocycles. The first-order valence-corrected chi connectivity index (χ1v) is 8.20. The molecule has 1 aliphatic rings. The van der Waals surface area contributed by atoms with Gasteiger partial charge in [0.15, 0.2) is 0 Å². The Morgan fingerprint density at radius 3 is 2.48 bits per heavy atom. The van der Waals surface area contributed by atoms with E-state index in [1.807, 2.05) is 30.3 Å². The molecule has 23 heavy (non-hydrogen) atoms. The lowest BCUT2D eigenvalue weighted by molar-refractivity contribution is 0.0194. The maximum atomic E-state index is 11.7. The summed E-state index contributed by atoms with van der Waals surface area (Å²) in [6, 6.07) is 14.6. The minimum Gasteiger partial charge on any atom is -0.380 e. The fourth-order valence-corrected chi connectivity index (χ4v) is 3.78. The van der Waals surface area contributed by atoms with Gasteiger partial charge in [0.05, 0.1) is 5.69 Å². The Bertz CT molecular complexity index is 734. The van der Waals surface area contributed by atoms with Crippen molar-refractivity contribution in [2.75, 3.05) is 0 Å². The van der Waals surface area contributed by atoms with Crippen LogP contribution >= 0.6 is 11.6 Å². The molecular weight excluding hydrogens is 310 g/mol. The molecule has 1 unspecified atom stereocenters. The lowest BCUT2D eigenvalue weighted by atomic mass is 9.74. The Balaban J connectivity index is 2.24. The normalized spacial score (nSPS) is 17.5. The number of hydrogen-bond donors (Lipinski definition) is 1. The molecule has 2 aromatic carbocycles. The average Bonchev–Trinajstić information content (AvgIpc) is 3.12. The van der Waals surface area contributed by atoms with Gasteiger partial charge in [-0.25, -0.2) is 4.79 Å². The van der Waals surface area contributed by atoms with Gasteiger partial charge in [-0.15, -0.1) is 0 Å². The Morgan fingerprint density at radius 2 is 1.83 bits per heavy atom. The highest BCUT2D eigenvalue weighted by atomic mass is 35.5. The quantitative estimate of drug-likeness (QED) is 0.651. The van der Waals surface area contributed by atoms with Gasteiger partial charge in [0.2, 0.25) is 6.08 Å². The van der Waals surface area contributed by atoms with Crippen LogP contribution in [0.15, 0.2) is 53.5 Å². The summed E-state index contributed by atoms with van der Waals surface area (Å²) in [5.41, 5.74) is 0.587. The number of aliphatic imine (C=N–C) groups is 1. The summed E-state index contributed by atoms with van der Waals surface area (Å²) >= 11 is 6.17. The predicted molar refractivity (Wildman–Crippen MR) is 90.6 cm³/mol. The fourth-order valence-electron chi connectivity index (χ4n) is 3.61. The molecule has 1 atom stereocenters. The largest absolute Gasteiger partial charge is 0.380 e. The van der Waals surface area contributed by atoms with Crippen LogP contribution in [0.4, 0.5) is 5.69 Å². The molecule has 3 rings (SSSR count). The van der Waals surface area contributed by atoms with Gasteiger partial charge in [0, 0.05) is 10.6 Å². The number of carbonyl (C=O) groups excluding carboxylic acids is 1. The highest BCUT2D eigenvalue weighted by Crippen LogP contribution is 2.48. The summed E-state index contributed by atoms with van der Waals surface area (Å²) < 4.78 is 0. The lowest BCUT2D eigenvalue weighted by Crippen LogP contribution is -2.35. The van der Waals surface area contributed by atoms with Crippen molar-refractivity contribution in [2.24, 2.45) is 10.9 Å². The van der Waals surface area contributed by atoms with E-state index in [1.165, 1.54) is 0 Å². The van der Waals surface area contributed by atoms with E-state index in [4.69, 9.17) is 11.6 Å². The summed E-state index contributed by atoms with van der Waals surface area (Å²) in [6.45, 7) is 0. The molecule has 1 fully saturated rings. The predicted octanol–water partition coefficient (Wildman–Crippen LogP) is 4.73. The molecule has 1 aliphatic carbocycles. The van der Waals surface area contributed by atoms with E-state index in [-0.39, 0.29) is 5.92 Å². The fraction of sp³-hybridized carbons (Fsp3) is 0.316. The molecule has 0 radical (unpaired) electrons. The zero-order valence-electron chi connectivity index (χ0n) is 12.7. The monoisotopic (exact) mass is 327 g/mol. The number of aliphatic hydroxyl groups is 1. The number of nitrogens with zero attached hydrogens (tertiary/aromatic N) is 1. The summed E-state index contributed by atoms with van der Waals surface area (Å²) in [4.78, 5) is 14.6. The van der Waals surface area contributed by atoms with Crippen LogP contribution < -0.4 is 0 Å². The lowest BCUT2D eigenvalue weighted by Gasteiger charge is -2.36. The average molecular weight is 328 g/mol. The molecule has 3 nitrogen and oxygen atoms in total. The minimum atomic E-state index is -1.21. The molecule has 0 amide bonds. The van der Waals surface area contributed by atoms with Gasteiger partial charge >= 0.3 is 0 Å². The van der Waals surface area contributed by atoms with Crippen molar-refractivity contribution in [2.45, 2.75) is 31.3 Å². The third-order valence-electron chi connectivity index (χ3n) is 4.70. The van der Waals surface area contributed by atoms with E-state index < -0.39 is 5.60 Å². The second kappa shape index (κ2) is 6.67. The molecule has 4 heteroatoms. The summed E-state index contributed by atoms with van der Waals surface area (Å²) in [7, 11) is 0. The van der Waals surface area contributed by atoms with E-state index in [0.717, 1.165) is 31.2 Å². The third kappa shape index (κ3) is 2.96. The standard InChI is InChI=1S/C19H18ClNO2/c20-16-10-11-18(21-13-22)17(12-16)19(23,15-8-4-5-9-15)14-6-2-1-3-7-14/h1-3,6-7,10-12,15,23H,4-5,8-9H2. The second-order valence-electron chi connectivity index (χ2n) is 5.98. The van der Waals surface area contributed by atoms with E-state index in [1.54, 1.807) is 24.3 Å². The number of benzene rings is 2. The van der Waals surface area contributed by atoms with Gasteiger partial charge in [-0.1, -0.05) is 54.8 Å². The van der Waals surface area contributed by atoms with Crippen LogP contribution in [0.2, 0.25) is 5.02 Å². The molecule has 0 aromatic heterocycles. The summed E-state index contributed by atoms with van der Waals surface area (Å²) in [6.07, 6.45) is 5.62. The summed E-state index contributed by atoms with van der Waals surface area (Å²) in [5.74, 6) is 0.0731. The molecule has 2 aromatic rings. The first-order valence-electron chi connectivity index (χ1n) is 7.82. The minimum absolute atomic E-state index is 0.0731. The number of isocyanates is 1. The molecule has 0 spiro atoms. The Morgan fingerprint density at radius 1 is 1.13 bits per heavy atom. The van der Waals surface area contributed by atoms with Crippen LogP contribution in [0.1, 0.15) is 36.8 Å². The second-order valence-corrected chi connectivity index (χ2v) is 6.41. The molecular formula is C19H18ClNO2. The smallest absolute Gasteiger partial charge is 0.240 e. The Labute approximate surface area is 140 Å². The van der Waals surface area contributed by atoms with Gasteiger partial charge in [-0.05, 0) is 42.5 Å². The van der Waals surface area contributed by atoms with Crippen molar-refractivity contribution in [3.8, 4) is 0 Å². The van der Waals surface area contributed by atoms with Gasteiger partial charge in [-0.3, -0.25) is 0 Å².